The van der Waals surface area contributed by atoms with E-state index >= 15 is 0 Å². The van der Waals surface area contributed by atoms with E-state index in [1.165, 1.54) is 21.4 Å². The molecule has 1 saturated heterocycles. The highest BCUT2D eigenvalue weighted by Gasteiger charge is 2.41. The van der Waals surface area contributed by atoms with Crippen molar-refractivity contribution in [2.75, 3.05) is 18.0 Å². The highest BCUT2D eigenvalue weighted by molar-refractivity contribution is 7.89. The van der Waals surface area contributed by atoms with Gasteiger partial charge in [0, 0.05) is 32.0 Å². The van der Waals surface area contributed by atoms with Crippen molar-refractivity contribution in [1.29, 1.82) is 0 Å². The minimum atomic E-state index is -3.75. The maximum atomic E-state index is 12.9. The van der Waals surface area contributed by atoms with Crippen LogP contribution < -0.4 is 4.90 Å². The van der Waals surface area contributed by atoms with E-state index < -0.39 is 16.1 Å². The number of carbonyl (C=O) groups excluding carboxylic acids is 1. The van der Waals surface area contributed by atoms with Crippen molar-refractivity contribution in [3.05, 3.63) is 42.7 Å². The highest BCUT2D eigenvalue weighted by atomic mass is 32.2. The summed E-state index contributed by atoms with van der Waals surface area (Å²) in [6, 6.07) is 8.63. The first-order chi connectivity index (χ1) is 11.4. The van der Waals surface area contributed by atoms with Gasteiger partial charge in [-0.1, -0.05) is 25.1 Å². The van der Waals surface area contributed by atoms with Crippen molar-refractivity contribution in [3.8, 4) is 0 Å². The lowest BCUT2D eigenvalue weighted by atomic mass is 10.2. The molecule has 1 aliphatic heterocycles. The molecule has 0 N–H and O–H groups in total. The summed E-state index contributed by atoms with van der Waals surface area (Å²) in [7, 11) is -2.09. The molecule has 24 heavy (non-hydrogen) atoms. The first-order valence-corrected chi connectivity index (χ1v) is 9.26. The molecular formula is C16H20N4O3S. The van der Waals surface area contributed by atoms with Gasteiger partial charge in [0.25, 0.3) is 0 Å². The molecule has 0 bridgehead atoms. The van der Waals surface area contributed by atoms with Gasteiger partial charge in [-0.25, -0.2) is 8.42 Å². The quantitative estimate of drug-likeness (QED) is 0.815. The summed E-state index contributed by atoms with van der Waals surface area (Å²) >= 11 is 0. The Balaban J connectivity index is 1.88. The third-order valence-corrected chi connectivity index (χ3v) is 6.13. The van der Waals surface area contributed by atoms with Gasteiger partial charge in [-0.2, -0.15) is 9.40 Å². The van der Waals surface area contributed by atoms with Crippen LogP contribution in [0, 0.1) is 0 Å². The Kier molecular flexibility index (Phi) is 4.42. The predicted molar refractivity (Wildman–Crippen MR) is 90.0 cm³/mol. The summed E-state index contributed by atoms with van der Waals surface area (Å²) in [4.78, 5) is 14.5. The second-order valence-electron chi connectivity index (χ2n) is 5.69. The summed E-state index contributed by atoms with van der Waals surface area (Å²) in [6.07, 6.45) is 3.24. The van der Waals surface area contributed by atoms with Crippen molar-refractivity contribution in [1.82, 2.24) is 14.1 Å². The van der Waals surface area contributed by atoms with Crippen molar-refractivity contribution in [3.63, 3.8) is 0 Å². The van der Waals surface area contributed by atoms with Crippen LogP contribution in [0.2, 0.25) is 0 Å². The lowest BCUT2D eigenvalue weighted by Crippen LogP contribution is -2.45. The van der Waals surface area contributed by atoms with Crippen molar-refractivity contribution in [2.45, 2.75) is 24.3 Å². The van der Waals surface area contributed by atoms with Crippen LogP contribution in [-0.2, 0) is 21.9 Å². The zero-order valence-electron chi connectivity index (χ0n) is 13.7. The predicted octanol–water partition coefficient (Wildman–Crippen LogP) is 1.24. The molecule has 2 heterocycles. The molecule has 8 heteroatoms. The van der Waals surface area contributed by atoms with Gasteiger partial charge in [-0.05, 0) is 18.6 Å². The van der Waals surface area contributed by atoms with Gasteiger partial charge < -0.3 is 4.90 Å². The Morgan fingerprint density at radius 1 is 1.29 bits per heavy atom. The van der Waals surface area contributed by atoms with Gasteiger partial charge in [-0.15, -0.1) is 0 Å². The highest BCUT2D eigenvalue weighted by Crippen LogP contribution is 2.27. The Morgan fingerprint density at radius 2 is 2.00 bits per heavy atom. The first-order valence-electron chi connectivity index (χ1n) is 7.82. The van der Waals surface area contributed by atoms with Crippen molar-refractivity contribution in [2.24, 2.45) is 7.05 Å². The van der Waals surface area contributed by atoms with Crippen LogP contribution in [0.5, 0.6) is 0 Å². The summed E-state index contributed by atoms with van der Waals surface area (Å²) in [5, 5.41) is 3.92. The van der Waals surface area contributed by atoms with E-state index in [1.807, 2.05) is 30.3 Å². The van der Waals surface area contributed by atoms with E-state index in [2.05, 4.69) is 5.10 Å². The largest absolute Gasteiger partial charge is 0.311 e. The average Bonchev–Trinajstić information content (AvgIpc) is 3.16. The SMILES string of the molecule is CCN([C@@H]1CCN(c2ccccc2)C1=O)S(=O)(=O)c1cnn(C)c1. The molecule has 2 aromatic rings. The molecular weight excluding hydrogens is 328 g/mol. The van der Waals surface area contributed by atoms with Crippen LogP contribution in [0.15, 0.2) is 47.6 Å². The normalized spacial score (nSPS) is 18.5. The summed E-state index contributed by atoms with van der Waals surface area (Å²) in [6.45, 7) is 2.48. The molecule has 0 saturated carbocycles. The van der Waals surface area contributed by atoms with Crippen LogP contribution >= 0.6 is 0 Å². The molecule has 1 atom stereocenters. The fraction of sp³-hybridized carbons (Fsp3) is 0.375. The Morgan fingerprint density at radius 3 is 2.58 bits per heavy atom. The van der Waals surface area contributed by atoms with Crippen LogP contribution in [-0.4, -0.2) is 47.5 Å². The average molecular weight is 348 g/mol. The van der Waals surface area contributed by atoms with Gasteiger partial charge in [0.2, 0.25) is 15.9 Å². The van der Waals surface area contributed by atoms with Crippen molar-refractivity contribution >= 4 is 21.6 Å². The van der Waals surface area contributed by atoms with E-state index in [9.17, 15) is 13.2 Å². The maximum absolute atomic E-state index is 12.9. The third-order valence-electron chi connectivity index (χ3n) is 4.19. The van der Waals surface area contributed by atoms with Gasteiger partial charge in [0.1, 0.15) is 10.9 Å². The molecule has 3 rings (SSSR count). The molecule has 1 aliphatic rings. The Hall–Kier alpha value is -2.19. The number of carbonyl (C=O) groups is 1. The number of aromatic nitrogens is 2. The molecule has 0 spiro atoms. The van der Waals surface area contributed by atoms with Crippen LogP contribution in [0.4, 0.5) is 5.69 Å². The summed E-state index contributed by atoms with van der Waals surface area (Å²) in [5.41, 5.74) is 0.792. The maximum Gasteiger partial charge on any atom is 0.246 e. The molecule has 0 aliphatic carbocycles. The summed E-state index contributed by atoms with van der Waals surface area (Å²) < 4.78 is 28.4. The second kappa shape index (κ2) is 6.37. The monoisotopic (exact) mass is 348 g/mol. The standard InChI is InChI=1S/C16H20N4O3S/c1-3-20(24(22,23)14-11-17-18(2)12-14)15-9-10-19(16(15)21)13-7-5-4-6-8-13/h4-8,11-12,15H,3,9-10H2,1-2H3/t15-/m1/s1. The number of sulfonamides is 1. The van der Waals surface area contributed by atoms with Crippen molar-refractivity contribution < 1.29 is 13.2 Å². The van der Waals surface area contributed by atoms with Crippen LogP contribution in [0.25, 0.3) is 0 Å². The molecule has 128 valence electrons. The third kappa shape index (κ3) is 2.83. The minimum Gasteiger partial charge on any atom is -0.311 e. The Labute approximate surface area is 141 Å². The lowest BCUT2D eigenvalue weighted by molar-refractivity contribution is -0.120. The number of likely N-dealkylation sites (N-methyl/N-ethyl adjacent to an activating group) is 1. The molecule has 7 nitrogen and oxygen atoms in total. The van der Waals surface area contributed by atoms with Gasteiger partial charge in [-0.3, -0.25) is 9.48 Å². The molecule has 1 aromatic heterocycles. The Bertz CT molecular complexity index is 832. The number of amides is 1. The van der Waals surface area contributed by atoms with Gasteiger partial charge in [0.05, 0.1) is 6.20 Å². The fourth-order valence-electron chi connectivity index (χ4n) is 3.02. The topological polar surface area (TPSA) is 75.5 Å². The molecule has 0 radical (unpaired) electrons. The van der Waals surface area contributed by atoms with Gasteiger partial charge in [0.15, 0.2) is 0 Å². The van der Waals surface area contributed by atoms with E-state index in [1.54, 1.807) is 18.9 Å². The molecule has 0 unspecified atom stereocenters. The molecule has 1 fully saturated rings. The summed E-state index contributed by atoms with van der Waals surface area (Å²) in [5.74, 6) is -0.185. The number of benzene rings is 1. The first kappa shape index (κ1) is 16.7. The van der Waals surface area contributed by atoms with Crippen LogP contribution in [0.1, 0.15) is 13.3 Å². The number of hydrogen-bond acceptors (Lipinski definition) is 4. The van der Waals surface area contributed by atoms with Gasteiger partial charge >= 0.3 is 0 Å². The molecule has 1 aromatic carbocycles. The second-order valence-corrected chi connectivity index (χ2v) is 7.58. The zero-order chi connectivity index (χ0) is 17.3. The van der Waals surface area contributed by atoms with E-state index in [-0.39, 0.29) is 17.3 Å². The van der Waals surface area contributed by atoms with E-state index in [0.29, 0.717) is 13.0 Å². The number of hydrogen-bond donors (Lipinski definition) is 0. The lowest BCUT2D eigenvalue weighted by Gasteiger charge is -2.25. The fourth-order valence-corrected chi connectivity index (χ4v) is 4.63. The van der Waals surface area contributed by atoms with E-state index in [0.717, 1.165) is 5.69 Å². The number of para-hydroxylation sites is 1. The number of anilines is 1. The zero-order valence-corrected chi connectivity index (χ0v) is 14.5. The smallest absolute Gasteiger partial charge is 0.246 e. The molecule has 1 amide bonds. The number of aryl methyl sites for hydroxylation is 1. The van der Waals surface area contributed by atoms with Crippen LogP contribution in [0.3, 0.4) is 0 Å². The number of rotatable bonds is 5. The minimum absolute atomic E-state index is 0.109. The van der Waals surface area contributed by atoms with E-state index in [4.69, 9.17) is 0 Å². The number of nitrogens with zero attached hydrogens (tertiary/aromatic N) is 4.